The SMILES string of the molecule is Cc1ccc(CNC(=O)Cc2cccc(CC(C)(C)NC(=O)O)c2)cc1C. The molecule has 0 aliphatic heterocycles. The molecule has 27 heavy (non-hydrogen) atoms. The van der Waals surface area contributed by atoms with Crippen molar-refractivity contribution < 1.29 is 14.7 Å². The Hall–Kier alpha value is -2.82. The molecule has 0 aliphatic rings. The minimum Gasteiger partial charge on any atom is -0.465 e. The van der Waals surface area contributed by atoms with Crippen LogP contribution in [0.25, 0.3) is 0 Å². The molecule has 2 rings (SSSR count). The van der Waals surface area contributed by atoms with Crippen LogP contribution in [0.3, 0.4) is 0 Å². The average Bonchev–Trinajstić information content (AvgIpc) is 2.54. The first-order chi connectivity index (χ1) is 12.6. The average molecular weight is 368 g/mol. The Morgan fingerprint density at radius 2 is 1.67 bits per heavy atom. The van der Waals surface area contributed by atoms with E-state index in [9.17, 15) is 9.59 Å². The van der Waals surface area contributed by atoms with Crippen LogP contribution in [-0.2, 0) is 24.2 Å². The van der Waals surface area contributed by atoms with Crippen LogP contribution in [0, 0.1) is 13.8 Å². The molecule has 3 N–H and O–H groups in total. The molecule has 0 saturated carbocycles. The van der Waals surface area contributed by atoms with Crippen molar-refractivity contribution in [3.05, 3.63) is 70.3 Å². The van der Waals surface area contributed by atoms with E-state index in [1.807, 2.05) is 44.2 Å². The lowest BCUT2D eigenvalue weighted by molar-refractivity contribution is -0.120. The summed E-state index contributed by atoms with van der Waals surface area (Å²) in [5.41, 5.74) is 4.87. The van der Waals surface area contributed by atoms with Gasteiger partial charge in [0.05, 0.1) is 6.42 Å². The van der Waals surface area contributed by atoms with Crippen molar-refractivity contribution >= 4 is 12.0 Å². The highest BCUT2D eigenvalue weighted by Crippen LogP contribution is 2.15. The summed E-state index contributed by atoms with van der Waals surface area (Å²) in [5, 5.41) is 14.4. The van der Waals surface area contributed by atoms with Crippen LogP contribution in [0.4, 0.5) is 4.79 Å². The van der Waals surface area contributed by atoms with Gasteiger partial charge < -0.3 is 15.7 Å². The maximum atomic E-state index is 12.3. The molecule has 2 amide bonds. The van der Waals surface area contributed by atoms with Gasteiger partial charge in [-0.05, 0) is 61.9 Å². The van der Waals surface area contributed by atoms with Crippen molar-refractivity contribution in [3.8, 4) is 0 Å². The molecule has 0 radical (unpaired) electrons. The van der Waals surface area contributed by atoms with Gasteiger partial charge in [-0.25, -0.2) is 4.79 Å². The van der Waals surface area contributed by atoms with Crippen molar-refractivity contribution in [1.82, 2.24) is 10.6 Å². The second kappa shape index (κ2) is 8.71. The van der Waals surface area contributed by atoms with E-state index >= 15 is 0 Å². The van der Waals surface area contributed by atoms with Crippen LogP contribution in [0.2, 0.25) is 0 Å². The smallest absolute Gasteiger partial charge is 0.405 e. The number of hydrogen-bond donors (Lipinski definition) is 3. The molecular formula is C22H28N2O3. The topological polar surface area (TPSA) is 78.4 Å². The minimum atomic E-state index is -1.04. The van der Waals surface area contributed by atoms with Crippen LogP contribution in [0.5, 0.6) is 0 Å². The van der Waals surface area contributed by atoms with Gasteiger partial charge in [0.25, 0.3) is 0 Å². The lowest BCUT2D eigenvalue weighted by atomic mass is 9.93. The molecular weight excluding hydrogens is 340 g/mol. The van der Waals surface area contributed by atoms with Crippen LogP contribution >= 0.6 is 0 Å². The summed E-state index contributed by atoms with van der Waals surface area (Å²) in [6.07, 6.45) is -0.190. The van der Waals surface area contributed by atoms with Gasteiger partial charge in [-0.1, -0.05) is 42.5 Å². The van der Waals surface area contributed by atoms with Crippen LogP contribution < -0.4 is 10.6 Å². The predicted octanol–water partition coefficient (Wildman–Crippen LogP) is 3.75. The number of rotatable bonds is 7. The molecule has 2 aromatic carbocycles. The summed E-state index contributed by atoms with van der Waals surface area (Å²) >= 11 is 0. The largest absolute Gasteiger partial charge is 0.465 e. The van der Waals surface area contributed by atoms with Gasteiger partial charge in [0, 0.05) is 12.1 Å². The number of carboxylic acid groups (broad SMARTS) is 1. The summed E-state index contributed by atoms with van der Waals surface area (Å²) in [7, 11) is 0. The van der Waals surface area contributed by atoms with E-state index in [-0.39, 0.29) is 5.91 Å². The highest BCUT2D eigenvalue weighted by molar-refractivity contribution is 5.78. The second-order valence-electron chi connectivity index (χ2n) is 7.68. The molecule has 0 fully saturated rings. The van der Waals surface area contributed by atoms with Crippen LogP contribution in [-0.4, -0.2) is 22.6 Å². The molecule has 5 heteroatoms. The fraction of sp³-hybridized carbons (Fsp3) is 0.364. The normalized spacial score (nSPS) is 11.1. The summed E-state index contributed by atoms with van der Waals surface area (Å²) in [6.45, 7) is 8.31. The van der Waals surface area contributed by atoms with Gasteiger partial charge in [0.15, 0.2) is 0 Å². The first-order valence-electron chi connectivity index (χ1n) is 9.06. The summed E-state index contributed by atoms with van der Waals surface area (Å²) in [6, 6.07) is 13.9. The maximum absolute atomic E-state index is 12.3. The third-order valence-corrected chi connectivity index (χ3v) is 4.51. The number of hydrogen-bond acceptors (Lipinski definition) is 2. The first kappa shape index (κ1) is 20.5. The van der Waals surface area contributed by atoms with E-state index in [1.165, 1.54) is 11.1 Å². The van der Waals surface area contributed by atoms with Crippen molar-refractivity contribution in [2.75, 3.05) is 0 Å². The predicted molar refractivity (Wildman–Crippen MR) is 107 cm³/mol. The Bertz CT molecular complexity index is 828. The number of amides is 2. The fourth-order valence-corrected chi connectivity index (χ4v) is 3.06. The monoisotopic (exact) mass is 368 g/mol. The minimum absolute atomic E-state index is 0.0340. The molecule has 5 nitrogen and oxygen atoms in total. The standard InChI is InChI=1S/C22H28N2O3/c1-15-8-9-19(10-16(15)2)14-23-20(25)12-17-6-5-7-18(11-17)13-22(3,4)24-21(26)27/h5-11,24H,12-14H2,1-4H3,(H,23,25)(H,26,27). The molecule has 0 heterocycles. The molecule has 0 saturated heterocycles. The molecule has 2 aromatic rings. The lowest BCUT2D eigenvalue weighted by Gasteiger charge is -2.24. The molecule has 144 valence electrons. The van der Waals surface area contributed by atoms with Gasteiger partial charge in [-0.3, -0.25) is 4.79 Å². The van der Waals surface area contributed by atoms with Crippen LogP contribution in [0.1, 0.15) is 41.7 Å². The number of carbonyl (C=O) groups excluding carboxylic acids is 1. The second-order valence-corrected chi connectivity index (χ2v) is 7.68. The third-order valence-electron chi connectivity index (χ3n) is 4.51. The summed E-state index contributed by atoms with van der Waals surface area (Å²) < 4.78 is 0. The zero-order valence-corrected chi connectivity index (χ0v) is 16.4. The Morgan fingerprint density at radius 3 is 2.33 bits per heavy atom. The molecule has 0 bridgehead atoms. The summed E-state index contributed by atoms with van der Waals surface area (Å²) in [4.78, 5) is 23.2. The number of aryl methyl sites for hydroxylation is 2. The molecule has 0 aromatic heterocycles. The Kier molecular flexibility index (Phi) is 6.61. The van der Waals surface area contributed by atoms with E-state index < -0.39 is 11.6 Å². The Labute approximate surface area is 160 Å². The fourth-order valence-electron chi connectivity index (χ4n) is 3.06. The zero-order valence-electron chi connectivity index (χ0n) is 16.4. The van der Waals surface area contributed by atoms with E-state index in [0.717, 1.165) is 16.7 Å². The van der Waals surface area contributed by atoms with Gasteiger partial charge >= 0.3 is 6.09 Å². The van der Waals surface area contributed by atoms with Crippen LogP contribution in [0.15, 0.2) is 42.5 Å². The lowest BCUT2D eigenvalue weighted by Crippen LogP contribution is -2.44. The van der Waals surface area contributed by atoms with E-state index in [2.05, 4.69) is 36.6 Å². The van der Waals surface area contributed by atoms with Crippen molar-refractivity contribution in [3.63, 3.8) is 0 Å². The quantitative estimate of drug-likeness (QED) is 0.696. The molecule has 0 aliphatic carbocycles. The van der Waals surface area contributed by atoms with Gasteiger partial charge in [-0.15, -0.1) is 0 Å². The first-order valence-corrected chi connectivity index (χ1v) is 9.06. The Morgan fingerprint density at radius 1 is 0.963 bits per heavy atom. The van der Waals surface area contributed by atoms with Crippen molar-refractivity contribution in [2.24, 2.45) is 0 Å². The van der Waals surface area contributed by atoms with E-state index in [0.29, 0.717) is 19.4 Å². The van der Waals surface area contributed by atoms with E-state index in [4.69, 9.17) is 5.11 Å². The Balaban J connectivity index is 1.93. The zero-order chi connectivity index (χ0) is 20.0. The van der Waals surface area contributed by atoms with Gasteiger partial charge in [-0.2, -0.15) is 0 Å². The number of carbonyl (C=O) groups is 2. The molecule has 0 unspecified atom stereocenters. The third kappa shape index (κ3) is 6.77. The molecule has 0 spiro atoms. The molecule has 0 atom stereocenters. The van der Waals surface area contributed by atoms with Gasteiger partial charge in [0.2, 0.25) is 5.91 Å². The summed E-state index contributed by atoms with van der Waals surface area (Å²) in [5.74, 6) is -0.0340. The van der Waals surface area contributed by atoms with Gasteiger partial charge in [0.1, 0.15) is 0 Å². The van der Waals surface area contributed by atoms with Crippen molar-refractivity contribution in [2.45, 2.75) is 52.6 Å². The number of benzene rings is 2. The number of nitrogens with one attached hydrogen (secondary N) is 2. The highest BCUT2D eigenvalue weighted by Gasteiger charge is 2.20. The maximum Gasteiger partial charge on any atom is 0.405 e. The van der Waals surface area contributed by atoms with Crippen molar-refractivity contribution in [1.29, 1.82) is 0 Å². The highest BCUT2D eigenvalue weighted by atomic mass is 16.4. The van der Waals surface area contributed by atoms with E-state index in [1.54, 1.807) is 0 Å².